The van der Waals surface area contributed by atoms with Gasteiger partial charge in [0.2, 0.25) is 0 Å². The smallest absolute Gasteiger partial charge is 0.303 e. The minimum Gasteiger partial charge on any atom is -0.481 e. The van der Waals surface area contributed by atoms with Crippen molar-refractivity contribution in [2.45, 2.75) is 32.1 Å². The molecule has 3 heteroatoms. The lowest BCUT2D eigenvalue weighted by molar-refractivity contribution is -0.137. The molecule has 1 aromatic rings. The molecule has 1 fully saturated rings. The number of nitrogens with zero attached hydrogens (tertiary/aromatic N) is 1. The predicted octanol–water partition coefficient (Wildman–Crippen LogP) is 2.98. The van der Waals surface area contributed by atoms with E-state index < -0.39 is 5.97 Å². The van der Waals surface area contributed by atoms with Crippen molar-refractivity contribution in [2.75, 3.05) is 19.6 Å². The molecule has 1 saturated heterocycles. The molecule has 1 heterocycles. The van der Waals surface area contributed by atoms with Crippen LogP contribution in [0.3, 0.4) is 0 Å². The molecule has 0 saturated carbocycles. The zero-order chi connectivity index (χ0) is 13.7. The lowest BCUT2D eigenvalue weighted by Crippen LogP contribution is -2.39. The third kappa shape index (κ3) is 4.06. The summed E-state index contributed by atoms with van der Waals surface area (Å²) in [6.45, 7) is 5.39. The van der Waals surface area contributed by atoms with E-state index in [-0.39, 0.29) is 6.42 Å². The van der Waals surface area contributed by atoms with E-state index >= 15 is 0 Å². The van der Waals surface area contributed by atoms with Gasteiger partial charge in [-0.15, -0.1) is 0 Å². The van der Waals surface area contributed by atoms with Gasteiger partial charge in [-0.2, -0.15) is 0 Å². The van der Waals surface area contributed by atoms with Crippen LogP contribution < -0.4 is 0 Å². The summed E-state index contributed by atoms with van der Waals surface area (Å²) in [7, 11) is 0. The summed E-state index contributed by atoms with van der Waals surface area (Å²) in [4.78, 5) is 12.9. The van der Waals surface area contributed by atoms with Crippen LogP contribution in [0.4, 0.5) is 0 Å². The lowest BCUT2D eigenvalue weighted by atomic mass is 9.81. The van der Waals surface area contributed by atoms with Gasteiger partial charge in [0.15, 0.2) is 0 Å². The molecule has 1 aliphatic heterocycles. The van der Waals surface area contributed by atoms with Gasteiger partial charge in [-0.05, 0) is 43.3 Å². The van der Waals surface area contributed by atoms with Crippen molar-refractivity contribution < 1.29 is 9.90 Å². The maximum Gasteiger partial charge on any atom is 0.303 e. The number of benzene rings is 1. The molecule has 0 aromatic heterocycles. The average Bonchev–Trinajstić information content (AvgIpc) is 2.39. The summed E-state index contributed by atoms with van der Waals surface area (Å²) in [5.74, 6) is 0.602. The Kier molecular flexibility index (Phi) is 4.97. The van der Waals surface area contributed by atoms with Crippen molar-refractivity contribution in [3.8, 4) is 0 Å². The molecule has 2 unspecified atom stereocenters. The van der Waals surface area contributed by atoms with Gasteiger partial charge >= 0.3 is 5.97 Å². The highest BCUT2D eigenvalue weighted by Gasteiger charge is 2.26. The third-order valence-corrected chi connectivity index (χ3v) is 4.08. The first-order valence-corrected chi connectivity index (χ1v) is 7.16. The number of carboxylic acids is 1. The van der Waals surface area contributed by atoms with E-state index in [1.807, 2.05) is 0 Å². The number of carboxylic acid groups (broad SMARTS) is 1. The molecular weight excluding hydrogens is 238 g/mol. The van der Waals surface area contributed by atoms with Crippen LogP contribution in [0.2, 0.25) is 0 Å². The molecule has 1 aromatic carbocycles. The fourth-order valence-electron chi connectivity index (χ4n) is 3.08. The van der Waals surface area contributed by atoms with Gasteiger partial charge in [0.25, 0.3) is 0 Å². The fourth-order valence-corrected chi connectivity index (χ4v) is 3.08. The number of aliphatic carboxylic acids is 1. The molecule has 0 radical (unpaired) electrons. The molecule has 3 nitrogen and oxygen atoms in total. The van der Waals surface area contributed by atoms with Gasteiger partial charge in [-0.25, -0.2) is 0 Å². The third-order valence-electron chi connectivity index (χ3n) is 4.08. The summed E-state index contributed by atoms with van der Waals surface area (Å²) in [5, 5.41) is 8.67. The number of carbonyl (C=O) groups is 1. The lowest BCUT2D eigenvalue weighted by Gasteiger charge is -2.37. The standard InChI is InChI=1S/C16H23NO2/c1-13-12-17(10-5-8-16(18)19)11-9-15(13)14-6-3-2-4-7-14/h2-4,6-7,13,15H,5,8-12H2,1H3,(H,18,19). The highest BCUT2D eigenvalue weighted by Crippen LogP contribution is 2.32. The van der Waals surface area contributed by atoms with Gasteiger partial charge in [0, 0.05) is 13.0 Å². The van der Waals surface area contributed by atoms with Gasteiger partial charge < -0.3 is 10.0 Å². The summed E-state index contributed by atoms with van der Waals surface area (Å²) < 4.78 is 0. The van der Waals surface area contributed by atoms with Crippen LogP contribution in [-0.2, 0) is 4.79 Å². The van der Waals surface area contributed by atoms with Crippen molar-refractivity contribution in [2.24, 2.45) is 5.92 Å². The second-order valence-electron chi connectivity index (χ2n) is 5.58. The van der Waals surface area contributed by atoms with E-state index in [2.05, 4.69) is 42.2 Å². The molecule has 104 valence electrons. The van der Waals surface area contributed by atoms with Crippen LogP contribution >= 0.6 is 0 Å². The molecule has 2 atom stereocenters. The number of likely N-dealkylation sites (tertiary alicyclic amines) is 1. The molecule has 0 amide bonds. The summed E-state index contributed by atoms with van der Waals surface area (Å²) in [5.41, 5.74) is 1.44. The molecule has 1 aliphatic rings. The highest BCUT2D eigenvalue weighted by molar-refractivity contribution is 5.66. The number of piperidine rings is 1. The normalized spacial score (nSPS) is 24.3. The Morgan fingerprint density at radius 3 is 2.74 bits per heavy atom. The van der Waals surface area contributed by atoms with Crippen LogP contribution in [0.5, 0.6) is 0 Å². The molecule has 2 rings (SSSR count). The zero-order valence-corrected chi connectivity index (χ0v) is 11.6. The minimum absolute atomic E-state index is 0.285. The monoisotopic (exact) mass is 261 g/mol. The van der Waals surface area contributed by atoms with Gasteiger partial charge in [-0.3, -0.25) is 4.79 Å². The summed E-state index contributed by atoms with van der Waals surface area (Å²) in [6.07, 6.45) is 2.23. The van der Waals surface area contributed by atoms with E-state index in [1.165, 1.54) is 12.0 Å². The molecule has 19 heavy (non-hydrogen) atoms. The molecular formula is C16H23NO2. The Bertz CT molecular complexity index is 404. The Labute approximate surface area is 115 Å². The molecule has 1 N–H and O–H groups in total. The number of rotatable bonds is 5. The molecule has 0 aliphatic carbocycles. The van der Waals surface area contributed by atoms with Crippen molar-refractivity contribution in [3.05, 3.63) is 35.9 Å². The average molecular weight is 261 g/mol. The van der Waals surface area contributed by atoms with Crippen LogP contribution in [0.1, 0.15) is 37.7 Å². The van der Waals surface area contributed by atoms with E-state index in [4.69, 9.17) is 5.11 Å². The Morgan fingerprint density at radius 1 is 1.37 bits per heavy atom. The maximum atomic E-state index is 10.5. The first kappa shape index (κ1) is 14.1. The predicted molar refractivity (Wildman–Crippen MR) is 76.3 cm³/mol. The SMILES string of the molecule is CC1CN(CCCC(=O)O)CCC1c1ccccc1. The first-order chi connectivity index (χ1) is 9.16. The van der Waals surface area contributed by atoms with Crippen molar-refractivity contribution in [3.63, 3.8) is 0 Å². The topological polar surface area (TPSA) is 40.5 Å². The van der Waals surface area contributed by atoms with Crippen molar-refractivity contribution in [1.29, 1.82) is 0 Å². The summed E-state index contributed by atoms with van der Waals surface area (Å²) in [6, 6.07) is 10.7. The van der Waals surface area contributed by atoms with Crippen LogP contribution in [-0.4, -0.2) is 35.6 Å². The fraction of sp³-hybridized carbons (Fsp3) is 0.562. The first-order valence-electron chi connectivity index (χ1n) is 7.16. The Hall–Kier alpha value is -1.35. The Morgan fingerprint density at radius 2 is 2.11 bits per heavy atom. The van der Waals surface area contributed by atoms with Gasteiger partial charge in [-0.1, -0.05) is 37.3 Å². The largest absolute Gasteiger partial charge is 0.481 e. The van der Waals surface area contributed by atoms with Crippen LogP contribution in [0.15, 0.2) is 30.3 Å². The zero-order valence-electron chi connectivity index (χ0n) is 11.6. The second kappa shape index (κ2) is 6.71. The highest BCUT2D eigenvalue weighted by atomic mass is 16.4. The van der Waals surface area contributed by atoms with Crippen LogP contribution in [0, 0.1) is 5.92 Å². The summed E-state index contributed by atoms with van der Waals surface area (Å²) >= 11 is 0. The number of hydrogen-bond donors (Lipinski definition) is 1. The quantitative estimate of drug-likeness (QED) is 0.886. The molecule has 0 spiro atoms. The van der Waals surface area contributed by atoms with E-state index in [9.17, 15) is 4.79 Å². The van der Waals surface area contributed by atoms with E-state index in [1.54, 1.807) is 0 Å². The Balaban J connectivity index is 1.83. The van der Waals surface area contributed by atoms with E-state index in [0.29, 0.717) is 11.8 Å². The van der Waals surface area contributed by atoms with Crippen molar-refractivity contribution >= 4 is 5.97 Å². The van der Waals surface area contributed by atoms with Gasteiger partial charge in [0.05, 0.1) is 0 Å². The van der Waals surface area contributed by atoms with Gasteiger partial charge in [0.1, 0.15) is 0 Å². The molecule has 0 bridgehead atoms. The minimum atomic E-state index is -0.688. The number of hydrogen-bond acceptors (Lipinski definition) is 2. The van der Waals surface area contributed by atoms with E-state index in [0.717, 1.165) is 26.1 Å². The maximum absolute atomic E-state index is 10.5. The second-order valence-corrected chi connectivity index (χ2v) is 5.58. The van der Waals surface area contributed by atoms with Crippen LogP contribution in [0.25, 0.3) is 0 Å². The van der Waals surface area contributed by atoms with Crippen molar-refractivity contribution in [1.82, 2.24) is 4.90 Å².